The second-order valence-corrected chi connectivity index (χ2v) is 12.1. The van der Waals surface area contributed by atoms with E-state index in [-0.39, 0.29) is 6.04 Å². The number of aromatic nitrogens is 4. The van der Waals surface area contributed by atoms with Crippen molar-refractivity contribution in [2.45, 2.75) is 45.1 Å². The monoisotopic (exact) mass is 531 g/mol. The van der Waals surface area contributed by atoms with E-state index in [4.69, 9.17) is 4.98 Å². The van der Waals surface area contributed by atoms with E-state index in [2.05, 4.69) is 64.5 Å². The summed E-state index contributed by atoms with van der Waals surface area (Å²) in [5.74, 6) is 0.181. The number of carbonyl (C=O) groups excluding carboxylic acids is 2. The number of hydrogen-bond acceptors (Lipinski definition) is 7. The molecule has 0 bridgehead atoms. The van der Waals surface area contributed by atoms with Crippen molar-refractivity contribution in [3.8, 4) is 0 Å². The lowest BCUT2D eigenvalue weighted by Gasteiger charge is -2.38. The predicted octanol–water partition coefficient (Wildman–Crippen LogP) is 4.56. The number of thiazole rings is 1. The van der Waals surface area contributed by atoms with Crippen LogP contribution in [-0.2, 0) is 9.59 Å². The standard InChI is InChI=1S/C28H33N7O2S/c1-16-4-6-23(35(14-16)28(37)26(36)31-22-13-29-11-19-12-30-33-25(19)22)18-5-7-24-21(10-18)32-27(38-24)20-8-9-34(3)15-17(20)2/h5,7,10-13,16-17,20,23H,4,6,8-9,14-15H2,1-3H3,(H,30,33)(H,31,36)/t16-,17+,20+,23+/m0/s1. The fourth-order valence-corrected chi connectivity index (χ4v) is 7.26. The van der Waals surface area contributed by atoms with Crippen LogP contribution in [0, 0.1) is 11.8 Å². The van der Waals surface area contributed by atoms with Gasteiger partial charge >= 0.3 is 11.8 Å². The summed E-state index contributed by atoms with van der Waals surface area (Å²) in [5.41, 5.74) is 3.12. The minimum atomic E-state index is -0.665. The Labute approximate surface area is 225 Å². The normalized spacial score (nSPS) is 24.7. The van der Waals surface area contributed by atoms with Crippen LogP contribution < -0.4 is 5.32 Å². The van der Waals surface area contributed by atoms with Crippen molar-refractivity contribution in [1.82, 2.24) is 30.0 Å². The first kappa shape index (κ1) is 24.9. The molecular weight excluding hydrogens is 498 g/mol. The maximum atomic E-state index is 13.5. The number of pyridine rings is 1. The molecule has 0 unspecified atom stereocenters. The predicted molar refractivity (Wildman–Crippen MR) is 149 cm³/mol. The van der Waals surface area contributed by atoms with Crippen molar-refractivity contribution in [2.24, 2.45) is 11.8 Å². The van der Waals surface area contributed by atoms with E-state index in [9.17, 15) is 9.59 Å². The Kier molecular flexibility index (Phi) is 6.61. The fourth-order valence-electron chi connectivity index (χ4n) is 6.04. The van der Waals surface area contributed by atoms with Crippen LogP contribution in [-0.4, -0.2) is 68.5 Å². The largest absolute Gasteiger partial charge is 0.327 e. The fraction of sp³-hybridized carbons (Fsp3) is 0.464. The molecule has 0 radical (unpaired) electrons. The van der Waals surface area contributed by atoms with Gasteiger partial charge in [-0.15, -0.1) is 11.3 Å². The number of anilines is 1. The summed E-state index contributed by atoms with van der Waals surface area (Å²) in [5, 5.41) is 11.6. The molecule has 0 aliphatic carbocycles. The number of aromatic amines is 1. The smallest absolute Gasteiger partial charge is 0.314 e. The molecule has 198 valence electrons. The molecule has 38 heavy (non-hydrogen) atoms. The molecule has 9 nitrogen and oxygen atoms in total. The molecule has 2 fully saturated rings. The number of likely N-dealkylation sites (tertiary alicyclic amines) is 2. The molecule has 2 N–H and O–H groups in total. The maximum absolute atomic E-state index is 13.5. The number of piperidine rings is 2. The van der Waals surface area contributed by atoms with E-state index in [0.29, 0.717) is 35.5 Å². The van der Waals surface area contributed by atoms with Crippen LogP contribution in [0.3, 0.4) is 0 Å². The molecule has 4 atom stereocenters. The van der Waals surface area contributed by atoms with E-state index in [0.717, 1.165) is 48.8 Å². The van der Waals surface area contributed by atoms with Crippen LogP contribution in [0.2, 0.25) is 0 Å². The number of amides is 2. The SMILES string of the molecule is C[C@H]1CC[C@H](c2ccc3sc([C@@H]4CCN(C)C[C@H]4C)nc3c2)N(C(=O)C(=O)Nc2cncc3cn[nH]c23)C1. The summed E-state index contributed by atoms with van der Waals surface area (Å²) in [6.07, 6.45) is 7.76. The number of fused-ring (bicyclic) bond motifs is 2. The number of carbonyl (C=O) groups is 2. The van der Waals surface area contributed by atoms with Gasteiger partial charge in [0.25, 0.3) is 0 Å². The van der Waals surface area contributed by atoms with Gasteiger partial charge < -0.3 is 15.1 Å². The van der Waals surface area contributed by atoms with Crippen LogP contribution in [0.1, 0.15) is 55.6 Å². The highest BCUT2D eigenvalue weighted by atomic mass is 32.1. The van der Waals surface area contributed by atoms with Crippen LogP contribution in [0.4, 0.5) is 5.69 Å². The Bertz CT molecular complexity index is 1500. The zero-order valence-corrected chi connectivity index (χ0v) is 22.8. The molecule has 0 spiro atoms. The quantitative estimate of drug-likeness (QED) is 0.375. The minimum Gasteiger partial charge on any atom is -0.327 e. The second-order valence-electron chi connectivity index (χ2n) is 11.0. The third kappa shape index (κ3) is 4.67. The highest BCUT2D eigenvalue weighted by Crippen LogP contribution is 2.39. The van der Waals surface area contributed by atoms with Gasteiger partial charge in [0.2, 0.25) is 0 Å². The number of nitrogens with zero attached hydrogens (tertiary/aromatic N) is 5. The van der Waals surface area contributed by atoms with Crippen LogP contribution in [0.15, 0.2) is 36.8 Å². The lowest BCUT2D eigenvalue weighted by atomic mass is 9.87. The van der Waals surface area contributed by atoms with Crippen molar-refractivity contribution in [2.75, 3.05) is 32.0 Å². The highest BCUT2D eigenvalue weighted by Gasteiger charge is 2.35. The molecule has 10 heteroatoms. The van der Waals surface area contributed by atoms with Crippen LogP contribution >= 0.6 is 11.3 Å². The Morgan fingerprint density at radius 2 is 1.97 bits per heavy atom. The van der Waals surface area contributed by atoms with Crippen LogP contribution in [0.25, 0.3) is 21.1 Å². The molecule has 1 aromatic carbocycles. The lowest BCUT2D eigenvalue weighted by Crippen LogP contribution is -2.46. The number of hydrogen-bond donors (Lipinski definition) is 2. The van der Waals surface area contributed by atoms with Gasteiger partial charge in [0.15, 0.2) is 0 Å². The molecule has 0 saturated carbocycles. The first-order valence-corrected chi connectivity index (χ1v) is 14.2. The first-order chi connectivity index (χ1) is 18.4. The van der Waals surface area contributed by atoms with Gasteiger partial charge in [-0.05, 0) is 62.4 Å². The Hall–Kier alpha value is -3.37. The minimum absolute atomic E-state index is 0.165. The van der Waals surface area contributed by atoms with Crippen LogP contribution in [0.5, 0.6) is 0 Å². The van der Waals surface area contributed by atoms with Crippen molar-refractivity contribution in [3.05, 3.63) is 47.4 Å². The van der Waals surface area contributed by atoms with E-state index < -0.39 is 11.8 Å². The summed E-state index contributed by atoms with van der Waals surface area (Å²) in [4.78, 5) is 40.0. The maximum Gasteiger partial charge on any atom is 0.314 e. The molecule has 2 aliphatic rings. The average molecular weight is 532 g/mol. The molecule has 2 aliphatic heterocycles. The zero-order valence-electron chi connectivity index (χ0n) is 22.0. The summed E-state index contributed by atoms with van der Waals surface area (Å²) in [6, 6.07) is 6.21. The topological polar surface area (TPSA) is 107 Å². The van der Waals surface area contributed by atoms with Gasteiger partial charge in [0.05, 0.1) is 44.9 Å². The van der Waals surface area contributed by atoms with Gasteiger partial charge in [0, 0.05) is 30.6 Å². The van der Waals surface area contributed by atoms with Crippen molar-refractivity contribution >= 4 is 50.0 Å². The summed E-state index contributed by atoms with van der Waals surface area (Å²) >= 11 is 1.79. The highest BCUT2D eigenvalue weighted by molar-refractivity contribution is 7.18. The lowest BCUT2D eigenvalue weighted by molar-refractivity contribution is -0.146. The Morgan fingerprint density at radius 1 is 1.11 bits per heavy atom. The van der Waals surface area contributed by atoms with Gasteiger partial charge in [-0.25, -0.2) is 4.98 Å². The molecule has 4 aromatic rings. The molecular formula is C28H33N7O2S. The van der Waals surface area contributed by atoms with E-state index in [1.54, 1.807) is 28.6 Å². The number of nitrogens with one attached hydrogen (secondary N) is 2. The van der Waals surface area contributed by atoms with Crippen molar-refractivity contribution < 1.29 is 9.59 Å². The number of benzene rings is 1. The van der Waals surface area contributed by atoms with Crippen molar-refractivity contribution in [3.63, 3.8) is 0 Å². The van der Waals surface area contributed by atoms with E-state index in [1.165, 1.54) is 15.9 Å². The van der Waals surface area contributed by atoms with Crippen molar-refractivity contribution in [1.29, 1.82) is 0 Å². The molecule has 3 aromatic heterocycles. The van der Waals surface area contributed by atoms with Gasteiger partial charge in [0.1, 0.15) is 0 Å². The number of H-pyrrole nitrogens is 1. The molecule has 6 rings (SSSR count). The summed E-state index contributed by atoms with van der Waals surface area (Å²) < 4.78 is 1.18. The average Bonchev–Trinajstić information content (AvgIpc) is 3.55. The third-order valence-electron chi connectivity index (χ3n) is 8.11. The number of rotatable bonds is 3. The third-order valence-corrected chi connectivity index (χ3v) is 9.28. The van der Waals surface area contributed by atoms with Gasteiger partial charge in [-0.1, -0.05) is 19.9 Å². The zero-order chi connectivity index (χ0) is 26.4. The Balaban J connectivity index is 1.25. The Morgan fingerprint density at radius 3 is 2.82 bits per heavy atom. The molecule has 2 saturated heterocycles. The molecule has 2 amide bonds. The van der Waals surface area contributed by atoms with Gasteiger partial charge in [-0.3, -0.25) is 19.7 Å². The van der Waals surface area contributed by atoms with E-state index in [1.807, 2.05) is 0 Å². The van der Waals surface area contributed by atoms with E-state index >= 15 is 0 Å². The summed E-state index contributed by atoms with van der Waals surface area (Å²) in [7, 11) is 2.18. The first-order valence-electron chi connectivity index (χ1n) is 13.4. The summed E-state index contributed by atoms with van der Waals surface area (Å²) in [6.45, 7) is 7.17. The van der Waals surface area contributed by atoms with Gasteiger partial charge in [-0.2, -0.15) is 5.10 Å². The second kappa shape index (κ2) is 10.1. The molecule has 5 heterocycles.